The van der Waals surface area contributed by atoms with Crippen LogP contribution in [0.5, 0.6) is 0 Å². The van der Waals surface area contributed by atoms with Crippen LogP contribution >= 0.6 is 11.3 Å². The Balaban J connectivity index is 0.00000342. The minimum atomic E-state index is -1.55. The Hall–Kier alpha value is -3.30. The minimum absolute atomic E-state index is 0. The molecule has 4 rings (SSSR count). The van der Waals surface area contributed by atoms with Crippen LogP contribution in [-0.4, -0.2) is 22.6 Å². The minimum Gasteiger partial charge on any atom is -0.543 e. The number of thiazole rings is 1. The Labute approximate surface area is 228 Å². The number of oxime groups is 1. The number of aromatic nitrogens is 1. The second kappa shape index (κ2) is 11.9. The molecular weight excluding hydrogens is 473 g/mol. The maximum atomic E-state index is 12.0. The number of carboxylic acid groups (broad SMARTS) is 1. The van der Waals surface area contributed by atoms with E-state index in [1.54, 1.807) is 0 Å². The first kappa shape index (κ1) is 26.3. The number of nitrogens with one attached hydrogen (secondary N) is 1. The average Bonchev–Trinajstić information content (AvgIpc) is 3.30. The molecule has 0 bridgehead atoms. The predicted molar refractivity (Wildman–Crippen MR) is 128 cm³/mol. The largest absolute Gasteiger partial charge is 1.00 e. The molecule has 4 aromatic rings. The van der Waals surface area contributed by atoms with Crippen molar-refractivity contribution in [2.24, 2.45) is 5.16 Å². The van der Waals surface area contributed by atoms with Crippen molar-refractivity contribution in [2.75, 3.05) is 5.32 Å². The molecule has 1 N–H and O–H groups in total. The van der Waals surface area contributed by atoms with Gasteiger partial charge in [-0.15, -0.1) is 11.3 Å². The van der Waals surface area contributed by atoms with Crippen molar-refractivity contribution in [1.82, 2.24) is 4.98 Å². The number of aliphatic carboxylic acids is 1. The second-order valence-electron chi connectivity index (χ2n) is 7.32. The van der Waals surface area contributed by atoms with Crippen LogP contribution in [0.2, 0.25) is 0 Å². The molecule has 170 valence electrons. The number of nitrogens with zero attached hydrogens (tertiary/aromatic N) is 2. The third kappa shape index (κ3) is 5.86. The molecule has 1 aromatic heterocycles. The van der Waals surface area contributed by atoms with E-state index < -0.39 is 17.3 Å². The molecule has 7 nitrogen and oxygen atoms in total. The number of carbonyl (C=O) groups is 2. The molecule has 1 heterocycles. The van der Waals surface area contributed by atoms with Gasteiger partial charge in [0.1, 0.15) is 5.69 Å². The summed E-state index contributed by atoms with van der Waals surface area (Å²) in [6.45, 7) is 1.34. The quantitative estimate of drug-likeness (QED) is 0.167. The van der Waals surface area contributed by atoms with Gasteiger partial charge >= 0.3 is 29.6 Å². The molecule has 0 saturated heterocycles. The molecule has 1 amide bonds. The van der Waals surface area contributed by atoms with Gasteiger partial charge in [0.2, 0.25) is 11.5 Å². The molecule has 3 aromatic carbocycles. The Morgan fingerprint density at radius 3 is 1.74 bits per heavy atom. The molecular formula is C26H20N3NaO4S. The van der Waals surface area contributed by atoms with Crippen molar-refractivity contribution < 1.29 is 49.1 Å². The molecule has 0 spiro atoms. The molecule has 0 aliphatic heterocycles. The number of anilines is 1. The van der Waals surface area contributed by atoms with Crippen molar-refractivity contribution >= 4 is 34.1 Å². The Morgan fingerprint density at radius 2 is 1.34 bits per heavy atom. The van der Waals surface area contributed by atoms with Crippen LogP contribution in [0.4, 0.5) is 5.13 Å². The zero-order valence-electron chi connectivity index (χ0n) is 19.2. The van der Waals surface area contributed by atoms with Gasteiger partial charge in [-0.05, 0) is 0 Å². The standard InChI is InChI=1S/C26H21N3O4S.Na/c1-18(30)27-25-28-22(17-34-25)23(24(31)32)29-33-26(19-11-5-2-6-12-19,20-13-7-3-8-14-20)21-15-9-4-10-16-21;/h2-17H,1H3,(H,31,32)(H,27,28,30);/q;+1/p-1. The van der Waals surface area contributed by atoms with Crippen LogP contribution < -0.4 is 40.0 Å². The van der Waals surface area contributed by atoms with Gasteiger partial charge in [-0.3, -0.25) is 4.79 Å². The van der Waals surface area contributed by atoms with Crippen LogP contribution in [0.15, 0.2) is 102 Å². The van der Waals surface area contributed by atoms with E-state index >= 15 is 0 Å². The van der Waals surface area contributed by atoms with Crippen LogP contribution in [0, 0.1) is 0 Å². The van der Waals surface area contributed by atoms with Crippen molar-refractivity contribution in [3.8, 4) is 0 Å². The Kier molecular flexibility index (Phi) is 8.95. The topological polar surface area (TPSA) is 104 Å². The van der Waals surface area contributed by atoms with Gasteiger partial charge < -0.3 is 20.1 Å². The molecule has 0 radical (unpaired) electrons. The first-order valence-electron chi connectivity index (χ1n) is 10.4. The van der Waals surface area contributed by atoms with E-state index in [4.69, 9.17) is 4.84 Å². The zero-order chi connectivity index (χ0) is 24.0. The van der Waals surface area contributed by atoms with Gasteiger partial charge in [0.25, 0.3) is 0 Å². The van der Waals surface area contributed by atoms with Crippen molar-refractivity contribution in [3.05, 3.63) is 119 Å². The molecule has 0 unspecified atom stereocenters. The van der Waals surface area contributed by atoms with E-state index in [1.807, 2.05) is 91.0 Å². The maximum Gasteiger partial charge on any atom is 1.00 e. The van der Waals surface area contributed by atoms with E-state index in [9.17, 15) is 14.7 Å². The van der Waals surface area contributed by atoms with Crippen molar-refractivity contribution in [1.29, 1.82) is 0 Å². The number of hydrogen-bond donors (Lipinski definition) is 1. The number of carboxylic acids is 1. The van der Waals surface area contributed by atoms with E-state index in [1.165, 1.54) is 12.3 Å². The maximum absolute atomic E-state index is 12.0. The molecule has 9 heteroatoms. The summed E-state index contributed by atoms with van der Waals surface area (Å²) in [7, 11) is 0. The molecule has 0 fully saturated rings. The van der Waals surface area contributed by atoms with E-state index in [0.29, 0.717) is 0 Å². The Bertz CT molecular complexity index is 1220. The Morgan fingerprint density at radius 1 is 0.886 bits per heavy atom. The summed E-state index contributed by atoms with van der Waals surface area (Å²) in [5.74, 6) is -1.87. The van der Waals surface area contributed by atoms with Gasteiger partial charge in [-0.2, -0.15) is 0 Å². The summed E-state index contributed by atoms with van der Waals surface area (Å²) in [5.41, 5.74) is 0.557. The van der Waals surface area contributed by atoms with Crippen LogP contribution in [0.3, 0.4) is 0 Å². The van der Waals surface area contributed by atoms with Gasteiger partial charge in [-0.1, -0.05) is 96.2 Å². The average molecular weight is 494 g/mol. The molecule has 0 aliphatic carbocycles. The summed E-state index contributed by atoms with van der Waals surface area (Å²) >= 11 is 1.08. The van der Waals surface area contributed by atoms with Gasteiger partial charge in [-0.25, -0.2) is 4.98 Å². The van der Waals surface area contributed by atoms with E-state index in [0.717, 1.165) is 28.0 Å². The SMILES string of the molecule is CC(=O)Nc1nc(C(=NOC(c2ccccc2)(c2ccccc2)c2ccccc2)C(=O)[O-])cs1.[Na+]. The molecule has 0 aliphatic rings. The summed E-state index contributed by atoms with van der Waals surface area (Å²) < 4.78 is 0. The number of rotatable bonds is 8. The number of benzene rings is 3. The first-order chi connectivity index (χ1) is 16.5. The third-order valence-electron chi connectivity index (χ3n) is 5.04. The molecule has 0 saturated carbocycles. The van der Waals surface area contributed by atoms with Crippen LogP contribution in [-0.2, 0) is 20.0 Å². The smallest absolute Gasteiger partial charge is 0.543 e. The van der Waals surface area contributed by atoms with Gasteiger partial charge in [0.15, 0.2) is 10.8 Å². The van der Waals surface area contributed by atoms with Crippen LogP contribution in [0.25, 0.3) is 0 Å². The molecule has 35 heavy (non-hydrogen) atoms. The predicted octanol–water partition coefficient (Wildman–Crippen LogP) is 0.568. The summed E-state index contributed by atoms with van der Waals surface area (Å²) in [5, 5.41) is 20.3. The fourth-order valence-electron chi connectivity index (χ4n) is 3.57. The van der Waals surface area contributed by atoms with Crippen molar-refractivity contribution in [2.45, 2.75) is 12.5 Å². The zero-order valence-corrected chi connectivity index (χ0v) is 22.0. The summed E-state index contributed by atoms with van der Waals surface area (Å²) in [6.07, 6.45) is 0. The van der Waals surface area contributed by atoms with Gasteiger partial charge in [0, 0.05) is 29.0 Å². The first-order valence-corrected chi connectivity index (χ1v) is 11.3. The number of carbonyl (C=O) groups excluding carboxylic acids is 2. The summed E-state index contributed by atoms with van der Waals surface area (Å²) in [6, 6.07) is 28.3. The van der Waals surface area contributed by atoms with Crippen molar-refractivity contribution in [3.63, 3.8) is 0 Å². The van der Waals surface area contributed by atoms with Gasteiger partial charge in [0.05, 0.1) is 5.97 Å². The second-order valence-corrected chi connectivity index (χ2v) is 8.18. The fourth-order valence-corrected chi connectivity index (χ4v) is 4.31. The van der Waals surface area contributed by atoms with Crippen LogP contribution in [0.1, 0.15) is 29.3 Å². The normalized spacial score (nSPS) is 11.3. The van der Waals surface area contributed by atoms with E-state index in [-0.39, 0.29) is 46.3 Å². The number of hydrogen-bond acceptors (Lipinski definition) is 7. The summed E-state index contributed by atoms with van der Waals surface area (Å²) in [4.78, 5) is 33.7. The monoisotopic (exact) mass is 493 g/mol. The molecule has 0 atom stereocenters. The number of amides is 1. The van der Waals surface area contributed by atoms with E-state index in [2.05, 4.69) is 15.5 Å². The third-order valence-corrected chi connectivity index (χ3v) is 5.80. The fraction of sp³-hybridized carbons (Fsp3) is 0.0769.